The zero-order chi connectivity index (χ0) is 14.7. The predicted octanol–water partition coefficient (Wildman–Crippen LogP) is 3.22. The first-order chi connectivity index (χ1) is 10.2. The maximum Gasteiger partial charge on any atom is 0.0924 e. The van der Waals surface area contributed by atoms with Gasteiger partial charge in [-0.3, -0.25) is 0 Å². The van der Waals surface area contributed by atoms with Crippen LogP contribution in [0.4, 0.5) is 5.69 Å². The van der Waals surface area contributed by atoms with Crippen molar-refractivity contribution >= 4 is 5.69 Å². The number of nitrogens with zero attached hydrogens (tertiary/aromatic N) is 2. The van der Waals surface area contributed by atoms with Gasteiger partial charge in [0.15, 0.2) is 0 Å². The maximum absolute atomic E-state index is 4.06. The first kappa shape index (κ1) is 14.1. The van der Waals surface area contributed by atoms with E-state index in [0.29, 0.717) is 6.04 Å². The van der Waals surface area contributed by atoms with Crippen molar-refractivity contribution in [2.75, 3.05) is 25.5 Å². The number of hydrogen-bond acceptors (Lipinski definition) is 3. The molecular formula is C17H24N4. The molecule has 112 valence electrons. The minimum atomic E-state index is 0.525. The highest BCUT2D eigenvalue weighted by molar-refractivity contribution is 5.62. The predicted molar refractivity (Wildman–Crippen MR) is 87.3 cm³/mol. The molecule has 0 amide bonds. The Morgan fingerprint density at radius 3 is 2.57 bits per heavy atom. The summed E-state index contributed by atoms with van der Waals surface area (Å²) in [4.78, 5) is 9.61. The number of hydrogen-bond donors (Lipinski definition) is 2. The van der Waals surface area contributed by atoms with E-state index in [1.807, 2.05) is 6.20 Å². The fourth-order valence-electron chi connectivity index (χ4n) is 3.07. The summed E-state index contributed by atoms with van der Waals surface area (Å²) in [6.07, 6.45) is 6.14. The number of likely N-dealkylation sites (tertiary alicyclic amines) is 1. The van der Waals surface area contributed by atoms with Gasteiger partial charge in [0.25, 0.3) is 0 Å². The van der Waals surface area contributed by atoms with Gasteiger partial charge in [-0.15, -0.1) is 0 Å². The largest absolute Gasteiger partial charge is 0.382 e. The van der Waals surface area contributed by atoms with Crippen LogP contribution in [0.3, 0.4) is 0 Å². The number of piperidine rings is 1. The van der Waals surface area contributed by atoms with Crippen LogP contribution in [-0.4, -0.2) is 41.0 Å². The lowest BCUT2D eigenvalue weighted by molar-refractivity contribution is 0.208. The minimum Gasteiger partial charge on any atom is -0.382 e. The Labute approximate surface area is 126 Å². The number of benzene rings is 1. The molecule has 0 spiro atoms. The van der Waals surface area contributed by atoms with E-state index in [-0.39, 0.29) is 0 Å². The van der Waals surface area contributed by atoms with Crippen LogP contribution in [0.2, 0.25) is 0 Å². The molecule has 4 nitrogen and oxygen atoms in total. The molecule has 0 bridgehead atoms. The molecule has 1 unspecified atom stereocenters. The highest BCUT2D eigenvalue weighted by Gasteiger charge is 2.21. The molecule has 1 saturated heterocycles. The SMILES string of the molecule is CC(Nc1ccc(-c2cnc[nH]2)cc1)C1CCN(C)CC1. The van der Waals surface area contributed by atoms with E-state index in [1.54, 1.807) is 6.33 Å². The van der Waals surface area contributed by atoms with Crippen LogP contribution in [0.25, 0.3) is 11.3 Å². The van der Waals surface area contributed by atoms with Gasteiger partial charge in [-0.2, -0.15) is 0 Å². The number of rotatable bonds is 4. The first-order valence-corrected chi connectivity index (χ1v) is 7.76. The summed E-state index contributed by atoms with van der Waals surface area (Å²) < 4.78 is 0. The number of nitrogens with one attached hydrogen (secondary N) is 2. The van der Waals surface area contributed by atoms with Crippen molar-refractivity contribution in [2.24, 2.45) is 5.92 Å². The van der Waals surface area contributed by atoms with Crippen LogP contribution in [0.5, 0.6) is 0 Å². The van der Waals surface area contributed by atoms with Crippen molar-refractivity contribution in [3.8, 4) is 11.3 Å². The van der Waals surface area contributed by atoms with Gasteiger partial charge in [0, 0.05) is 11.7 Å². The van der Waals surface area contributed by atoms with Gasteiger partial charge in [-0.05, 0) is 63.5 Å². The zero-order valence-corrected chi connectivity index (χ0v) is 12.8. The number of aromatic nitrogens is 2. The summed E-state index contributed by atoms with van der Waals surface area (Å²) in [5.74, 6) is 0.772. The number of H-pyrrole nitrogens is 1. The van der Waals surface area contributed by atoms with Crippen molar-refractivity contribution in [1.82, 2.24) is 14.9 Å². The fourth-order valence-corrected chi connectivity index (χ4v) is 3.07. The van der Waals surface area contributed by atoms with E-state index < -0.39 is 0 Å². The molecule has 2 aromatic rings. The lowest BCUT2D eigenvalue weighted by Crippen LogP contribution is -2.37. The van der Waals surface area contributed by atoms with Gasteiger partial charge in [0.2, 0.25) is 0 Å². The topological polar surface area (TPSA) is 44.0 Å². The minimum absolute atomic E-state index is 0.525. The molecule has 1 atom stereocenters. The lowest BCUT2D eigenvalue weighted by Gasteiger charge is -2.33. The van der Waals surface area contributed by atoms with Crippen LogP contribution >= 0.6 is 0 Å². The molecule has 0 aliphatic carbocycles. The Kier molecular flexibility index (Phi) is 4.25. The van der Waals surface area contributed by atoms with Gasteiger partial charge in [-0.1, -0.05) is 12.1 Å². The second kappa shape index (κ2) is 6.31. The Balaban J connectivity index is 1.60. The molecule has 0 radical (unpaired) electrons. The summed E-state index contributed by atoms with van der Waals surface area (Å²) in [6.45, 7) is 4.74. The van der Waals surface area contributed by atoms with Crippen molar-refractivity contribution in [3.63, 3.8) is 0 Å². The molecular weight excluding hydrogens is 260 g/mol. The highest BCUT2D eigenvalue weighted by atomic mass is 15.1. The molecule has 0 saturated carbocycles. The molecule has 2 N–H and O–H groups in total. The standard InChI is InChI=1S/C17H24N4/c1-13(14-7-9-21(2)10-8-14)20-16-5-3-15(4-6-16)17-11-18-12-19-17/h3-6,11-14,20H,7-10H2,1-2H3,(H,18,19). The third kappa shape index (κ3) is 3.45. The zero-order valence-electron chi connectivity index (χ0n) is 12.8. The Morgan fingerprint density at radius 2 is 1.95 bits per heavy atom. The van der Waals surface area contributed by atoms with Gasteiger partial charge >= 0.3 is 0 Å². The second-order valence-electron chi connectivity index (χ2n) is 6.12. The van der Waals surface area contributed by atoms with Gasteiger partial charge in [0.05, 0.1) is 18.2 Å². The molecule has 1 aromatic carbocycles. The summed E-state index contributed by atoms with van der Waals surface area (Å²) in [7, 11) is 2.21. The van der Waals surface area contributed by atoms with E-state index in [0.717, 1.165) is 11.6 Å². The summed E-state index contributed by atoms with van der Waals surface area (Å²) in [5.41, 5.74) is 3.43. The number of anilines is 1. The van der Waals surface area contributed by atoms with Gasteiger partial charge in [-0.25, -0.2) is 4.98 Å². The fraction of sp³-hybridized carbons (Fsp3) is 0.471. The van der Waals surface area contributed by atoms with E-state index in [9.17, 15) is 0 Å². The van der Waals surface area contributed by atoms with E-state index >= 15 is 0 Å². The van der Waals surface area contributed by atoms with Crippen molar-refractivity contribution < 1.29 is 0 Å². The van der Waals surface area contributed by atoms with Crippen LogP contribution in [0, 0.1) is 5.92 Å². The quantitative estimate of drug-likeness (QED) is 0.906. The molecule has 21 heavy (non-hydrogen) atoms. The monoisotopic (exact) mass is 284 g/mol. The molecule has 1 aromatic heterocycles. The average molecular weight is 284 g/mol. The normalized spacial score (nSPS) is 18.6. The average Bonchev–Trinajstić information content (AvgIpc) is 3.03. The molecule has 1 fully saturated rings. The lowest BCUT2D eigenvalue weighted by atomic mass is 9.90. The molecule has 3 rings (SSSR count). The Hall–Kier alpha value is -1.81. The smallest absolute Gasteiger partial charge is 0.0924 e. The van der Waals surface area contributed by atoms with E-state index in [1.165, 1.54) is 37.2 Å². The summed E-state index contributed by atoms with van der Waals surface area (Å²) in [5, 5.41) is 3.65. The number of imidazole rings is 1. The number of aromatic amines is 1. The third-order valence-electron chi connectivity index (χ3n) is 4.56. The van der Waals surface area contributed by atoms with Crippen LogP contribution < -0.4 is 5.32 Å². The van der Waals surface area contributed by atoms with Gasteiger partial charge < -0.3 is 15.2 Å². The van der Waals surface area contributed by atoms with Gasteiger partial charge in [0.1, 0.15) is 0 Å². The highest BCUT2D eigenvalue weighted by Crippen LogP contribution is 2.24. The first-order valence-electron chi connectivity index (χ1n) is 7.76. The Bertz CT molecular complexity index is 539. The Morgan fingerprint density at radius 1 is 1.24 bits per heavy atom. The van der Waals surface area contributed by atoms with Crippen molar-refractivity contribution in [3.05, 3.63) is 36.8 Å². The molecule has 2 heterocycles. The van der Waals surface area contributed by atoms with Crippen LogP contribution in [0.1, 0.15) is 19.8 Å². The maximum atomic E-state index is 4.06. The third-order valence-corrected chi connectivity index (χ3v) is 4.56. The molecule has 4 heteroatoms. The summed E-state index contributed by atoms with van der Waals surface area (Å²) in [6, 6.07) is 9.11. The summed E-state index contributed by atoms with van der Waals surface area (Å²) >= 11 is 0. The van der Waals surface area contributed by atoms with Crippen molar-refractivity contribution in [1.29, 1.82) is 0 Å². The van der Waals surface area contributed by atoms with E-state index in [4.69, 9.17) is 0 Å². The van der Waals surface area contributed by atoms with Crippen molar-refractivity contribution in [2.45, 2.75) is 25.8 Å². The molecule has 1 aliphatic rings. The van der Waals surface area contributed by atoms with E-state index in [2.05, 4.69) is 58.4 Å². The van der Waals surface area contributed by atoms with Crippen LogP contribution in [0.15, 0.2) is 36.8 Å². The molecule has 1 aliphatic heterocycles. The second-order valence-corrected chi connectivity index (χ2v) is 6.12. The van der Waals surface area contributed by atoms with Crippen LogP contribution in [-0.2, 0) is 0 Å².